The highest BCUT2D eigenvalue weighted by Crippen LogP contribution is 2.21. The Morgan fingerprint density at radius 1 is 0.846 bits per heavy atom. The fraction of sp³-hybridized carbons (Fsp3) is 0.512. The highest BCUT2D eigenvalue weighted by molar-refractivity contribution is 5.74. The van der Waals surface area contributed by atoms with E-state index in [0.717, 1.165) is 57.2 Å². The lowest BCUT2D eigenvalue weighted by atomic mass is 10.00. The van der Waals surface area contributed by atoms with Crippen LogP contribution in [0.5, 0.6) is 0 Å². The Labute approximate surface area is 319 Å². The first-order valence-corrected chi connectivity index (χ1v) is 18.8. The first kappa shape index (κ1) is 49.9. The van der Waals surface area contributed by atoms with Gasteiger partial charge in [-0.25, -0.2) is 0 Å². The van der Waals surface area contributed by atoms with Gasteiger partial charge in [-0.3, -0.25) is 5.41 Å². The van der Waals surface area contributed by atoms with Crippen LogP contribution in [0.15, 0.2) is 110 Å². The summed E-state index contributed by atoms with van der Waals surface area (Å²) in [4.78, 5) is 4.34. The van der Waals surface area contributed by atoms with Gasteiger partial charge in [0.15, 0.2) is 5.96 Å². The van der Waals surface area contributed by atoms with Crippen LogP contribution in [0.4, 0.5) is 0 Å². The van der Waals surface area contributed by atoms with E-state index in [1.54, 1.807) is 0 Å². The summed E-state index contributed by atoms with van der Waals surface area (Å²) >= 11 is 0. The van der Waals surface area contributed by atoms with Crippen molar-refractivity contribution in [1.29, 1.82) is 5.41 Å². The zero-order valence-electron chi connectivity index (χ0n) is 34.0. The van der Waals surface area contributed by atoms with E-state index in [4.69, 9.17) is 22.6 Å². The van der Waals surface area contributed by atoms with Crippen molar-refractivity contribution in [2.24, 2.45) is 34.8 Å². The standard InChI is InChI=1S/C17H35N5.C13H19N3.C7H8.C4H10.C2H5N/c1-14(2)20-9-6-5-8-15(3)16(4)21-10-7-11-22(13-12-21)17(18)19;1-10(9-14)16-13(11(2)15)8-12-6-4-3-5-7-12;1-7-5-3-2-4-6-7;1-4(2)3;1-2-3/h14-15,20H,4-13H2,1-3H3,(H3,18,19);3-7,13,16H,1-2,8-9,14-15H2;2-6H,1H3;4H,1-3H3;2H,1,3H2. The molecular weight excluding hydrogens is 643 g/mol. The molecule has 1 fully saturated rings. The number of hydrogen-bond acceptors (Lipinski definition) is 7. The summed E-state index contributed by atoms with van der Waals surface area (Å²) in [5.74, 6) is 1.56. The number of benzene rings is 2. The second kappa shape index (κ2) is 31.5. The second-order valence-corrected chi connectivity index (χ2v) is 14.1. The maximum atomic E-state index is 7.56. The van der Waals surface area contributed by atoms with E-state index in [1.807, 2.05) is 41.3 Å². The molecule has 2 aromatic rings. The van der Waals surface area contributed by atoms with Crippen molar-refractivity contribution in [3.63, 3.8) is 0 Å². The topological polar surface area (TPSA) is 158 Å². The van der Waals surface area contributed by atoms with Crippen molar-refractivity contribution in [3.05, 3.63) is 121 Å². The van der Waals surface area contributed by atoms with Gasteiger partial charge in [0.25, 0.3) is 0 Å². The van der Waals surface area contributed by atoms with Gasteiger partial charge in [-0.2, -0.15) is 0 Å². The minimum atomic E-state index is -0.0153. The monoisotopic (exact) mass is 720 g/mol. The van der Waals surface area contributed by atoms with Crippen molar-refractivity contribution >= 4 is 5.96 Å². The lowest BCUT2D eigenvalue weighted by molar-refractivity contribution is 0.310. The lowest BCUT2D eigenvalue weighted by Gasteiger charge is -2.29. The zero-order chi connectivity index (χ0) is 39.9. The van der Waals surface area contributed by atoms with E-state index in [-0.39, 0.29) is 12.0 Å². The van der Waals surface area contributed by atoms with E-state index >= 15 is 0 Å². The van der Waals surface area contributed by atoms with Gasteiger partial charge in [0.2, 0.25) is 0 Å². The molecule has 0 saturated carbocycles. The molecule has 9 heteroatoms. The van der Waals surface area contributed by atoms with Crippen LogP contribution < -0.4 is 33.6 Å². The number of hydrogen-bond donors (Lipinski definition) is 7. The molecule has 2 unspecified atom stereocenters. The normalized spacial score (nSPS) is 13.1. The molecule has 0 radical (unpaired) electrons. The molecule has 1 saturated heterocycles. The summed E-state index contributed by atoms with van der Waals surface area (Å²) in [6.45, 7) is 35.5. The van der Waals surface area contributed by atoms with Crippen LogP contribution in [-0.4, -0.2) is 67.1 Å². The quantitative estimate of drug-likeness (QED) is 0.0620. The summed E-state index contributed by atoms with van der Waals surface area (Å²) in [5.41, 5.74) is 26.6. The zero-order valence-corrected chi connectivity index (χ0v) is 34.0. The van der Waals surface area contributed by atoms with Gasteiger partial charge < -0.3 is 43.4 Å². The minimum Gasteiger partial charge on any atom is -0.405 e. The summed E-state index contributed by atoms with van der Waals surface area (Å²) in [6.07, 6.45) is 6.76. The molecule has 0 aliphatic carbocycles. The molecule has 294 valence electrons. The number of guanidine groups is 1. The van der Waals surface area contributed by atoms with Crippen LogP contribution in [0.2, 0.25) is 0 Å². The number of nitrogens with one attached hydrogen (secondary N) is 3. The molecule has 1 heterocycles. The van der Waals surface area contributed by atoms with Crippen molar-refractivity contribution in [2.75, 3.05) is 39.3 Å². The summed E-state index contributed by atoms with van der Waals surface area (Å²) in [7, 11) is 0. The van der Waals surface area contributed by atoms with Crippen LogP contribution in [0.25, 0.3) is 0 Å². The van der Waals surface area contributed by atoms with Crippen LogP contribution >= 0.6 is 0 Å². The van der Waals surface area contributed by atoms with Gasteiger partial charge in [-0.05, 0) is 62.8 Å². The van der Waals surface area contributed by atoms with E-state index < -0.39 is 0 Å². The van der Waals surface area contributed by atoms with Crippen LogP contribution in [-0.2, 0) is 6.42 Å². The third-order valence-corrected chi connectivity index (χ3v) is 7.72. The highest BCUT2D eigenvalue weighted by atomic mass is 15.3. The molecule has 1 aliphatic heterocycles. The molecule has 0 aromatic heterocycles. The Morgan fingerprint density at radius 3 is 1.79 bits per heavy atom. The molecule has 52 heavy (non-hydrogen) atoms. The van der Waals surface area contributed by atoms with Gasteiger partial charge in [0.05, 0.1) is 6.04 Å². The Bertz CT molecular complexity index is 1210. The van der Waals surface area contributed by atoms with Gasteiger partial charge in [-0.1, -0.05) is 141 Å². The van der Waals surface area contributed by atoms with E-state index in [9.17, 15) is 0 Å². The number of unbranched alkanes of at least 4 members (excludes halogenated alkanes) is 1. The minimum absolute atomic E-state index is 0.0153. The van der Waals surface area contributed by atoms with Crippen molar-refractivity contribution < 1.29 is 0 Å². The number of rotatable bonds is 14. The average Bonchev–Trinajstić information content (AvgIpc) is 3.35. The van der Waals surface area contributed by atoms with E-state index in [2.05, 4.69) is 120 Å². The van der Waals surface area contributed by atoms with Crippen molar-refractivity contribution in [2.45, 2.75) is 92.7 Å². The molecule has 2 atom stereocenters. The van der Waals surface area contributed by atoms with Crippen molar-refractivity contribution in [1.82, 2.24) is 20.4 Å². The Hall–Kier alpha value is -4.21. The van der Waals surface area contributed by atoms with Crippen LogP contribution in [0.3, 0.4) is 0 Å². The average molecular weight is 720 g/mol. The maximum absolute atomic E-state index is 7.56. The number of allylic oxidation sites excluding steroid dienone is 1. The fourth-order valence-electron chi connectivity index (χ4n) is 4.85. The number of nitrogens with two attached hydrogens (primary N) is 4. The Balaban J connectivity index is 0. The Kier molecular flexibility index (Phi) is 30.2. The molecule has 0 bridgehead atoms. The highest BCUT2D eigenvalue weighted by Gasteiger charge is 2.19. The van der Waals surface area contributed by atoms with E-state index in [1.165, 1.54) is 42.3 Å². The summed E-state index contributed by atoms with van der Waals surface area (Å²) < 4.78 is 0. The summed E-state index contributed by atoms with van der Waals surface area (Å²) in [6, 6.07) is 20.9. The molecule has 0 amide bonds. The van der Waals surface area contributed by atoms with Crippen molar-refractivity contribution in [3.8, 4) is 0 Å². The lowest BCUT2D eigenvalue weighted by Crippen LogP contribution is -2.39. The SMILES string of the molecule is C=C(C(C)CCCCNC(C)C)N1CCCN(C(=N)N)CC1.C=C(CN)NC(Cc1ccccc1)C(=C)N.C=CN.CC(C)C.Cc1ccccc1. The van der Waals surface area contributed by atoms with Gasteiger partial charge in [0.1, 0.15) is 0 Å². The summed E-state index contributed by atoms with van der Waals surface area (Å²) in [5, 5.41) is 14.2. The van der Waals surface area contributed by atoms with Gasteiger partial charge in [-0.15, -0.1) is 0 Å². The molecule has 1 aliphatic rings. The molecular formula is C43H77N9. The predicted molar refractivity (Wildman–Crippen MR) is 230 cm³/mol. The largest absolute Gasteiger partial charge is 0.405 e. The molecule has 9 nitrogen and oxygen atoms in total. The molecule has 2 aromatic carbocycles. The first-order chi connectivity index (χ1) is 24.6. The van der Waals surface area contributed by atoms with Gasteiger partial charge >= 0.3 is 0 Å². The maximum Gasteiger partial charge on any atom is 0.188 e. The van der Waals surface area contributed by atoms with E-state index in [0.29, 0.717) is 24.2 Å². The molecule has 3 rings (SSSR count). The molecule has 0 spiro atoms. The molecule has 11 N–H and O–H groups in total. The third kappa shape index (κ3) is 28.5. The predicted octanol–water partition coefficient (Wildman–Crippen LogP) is 7.08. The Morgan fingerprint density at radius 2 is 1.35 bits per heavy atom. The number of aryl methyl sites for hydroxylation is 1. The number of nitrogens with zero attached hydrogens (tertiary/aromatic N) is 2. The first-order valence-electron chi connectivity index (χ1n) is 18.8. The smallest absolute Gasteiger partial charge is 0.188 e. The van der Waals surface area contributed by atoms with Crippen LogP contribution in [0, 0.1) is 24.2 Å². The third-order valence-electron chi connectivity index (χ3n) is 7.72. The fourth-order valence-corrected chi connectivity index (χ4v) is 4.85. The van der Waals surface area contributed by atoms with Crippen LogP contribution in [0.1, 0.15) is 78.4 Å². The second-order valence-electron chi connectivity index (χ2n) is 14.1. The van der Waals surface area contributed by atoms with Gasteiger partial charge in [0, 0.05) is 55.9 Å².